The van der Waals surface area contributed by atoms with Gasteiger partial charge in [-0.15, -0.1) is 0 Å². The van der Waals surface area contributed by atoms with Crippen LogP contribution in [0.1, 0.15) is 30.6 Å². The molecule has 4 nitrogen and oxygen atoms in total. The molecule has 0 aliphatic rings. The van der Waals surface area contributed by atoms with Gasteiger partial charge < -0.3 is 10.1 Å². The van der Waals surface area contributed by atoms with Crippen molar-refractivity contribution in [2.45, 2.75) is 20.3 Å². The Hall–Kier alpha value is -2.10. The van der Waals surface area contributed by atoms with Crippen LogP contribution in [0.15, 0.2) is 30.5 Å². The average Bonchev–Trinajstić information content (AvgIpc) is 2.71. The van der Waals surface area contributed by atoms with Gasteiger partial charge in [0.1, 0.15) is 0 Å². The molecule has 94 valence electrons. The predicted molar refractivity (Wildman–Crippen MR) is 68.7 cm³/mol. The summed E-state index contributed by atoms with van der Waals surface area (Å²) in [5, 5.41) is 9.88. The van der Waals surface area contributed by atoms with Gasteiger partial charge >= 0.3 is 5.97 Å². The molecular weight excluding hydrogens is 230 g/mol. The summed E-state index contributed by atoms with van der Waals surface area (Å²) in [7, 11) is 0. The lowest BCUT2D eigenvalue weighted by Gasteiger charge is -2.17. The molecule has 4 heteroatoms. The minimum atomic E-state index is -1.05. The average molecular weight is 245 g/mol. The highest BCUT2D eigenvalue weighted by Gasteiger charge is 2.31. The molecule has 0 saturated carbocycles. The van der Waals surface area contributed by atoms with Crippen molar-refractivity contribution in [1.29, 1.82) is 0 Å². The number of aliphatic carboxylic acids is 1. The molecule has 1 heterocycles. The van der Waals surface area contributed by atoms with Crippen molar-refractivity contribution in [2.24, 2.45) is 5.41 Å². The maximum Gasteiger partial charge on any atom is 0.309 e. The molecule has 2 N–H and O–H groups in total. The molecule has 0 amide bonds. The van der Waals surface area contributed by atoms with Crippen LogP contribution in [0.2, 0.25) is 0 Å². The summed E-state index contributed by atoms with van der Waals surface area (Å²) >= 11 is 0. The maximum atomic E-state index is 12.2. The van der Waals surface area contributed by atoms with Crippen LogP contribution in [-0.2, 0) is 4.79 Å². The van der Waals surface area contributed by atoms with E-state index in [1.807, 2.05) is 24.3 Å². The molecule has 0 atom stereocenters. The largest absolute Gasteiger partial charge is 0.481 e. The number of para-hydroxylation sites is 1. The third-order valence-corrected chi connectivity index (χ3v) is 3.07. The highest BCUT2D eigenvalue weighted by Crippen LogP contribution is 2.26. The van der Waals surface area contributed by atoms with E-state index < -0.39 is 11.4 Å². The van der Waals surface area contributed by atoms with Crippen molar-refractivity contribution in [3.05, 3.63) is 36.0 Å². The summed E-state index contributed by atoms with van der Waals surface area (Å²) < 4.78 is 0. The van der Waals surface area contributed by atoms with E-state index in [9.17, 15) is 9.59 Å². The van der Waals surface area contributed by atoms with Crippen LogP contribution < -0.4 is 0 Å². The van der Waals surface area contributed by atoms with E-state index in [0.717, 1.165) is 10.9 Å². The zero-order chi connectivity index (χ0) is 13.3. The summed E-state index contributed by atoms with van der Waals surface area (Å²) in [5.41, 5.74) is 0.393. The molecule has 0 aliphatic carbocycles. The molecule has 1 aromatic carbocycles. The molecule has 0 saturated heterocycles. The first-order chi connectivity index (χ1) is 8.42. The van der Waals surface area contributed by atoms with E-state index in [4.69, 9.17) is 5.11 Å². The summed E-state index contributed by atoms with van der Waals surface area (Å²) in [6.45, 7) is 3.12. The Bertz CT molecular complexity index is 610. The number of carboxylic acid groups (broad SMARTS) is 1. The molecule has 0 radical (unpaired) electrons. The Morgan fingerprint density at radius 3 is 2.61 bits per heavy atom. The van der Waals surface area contributed by atoms with Gasteiger partial charge in [0, 0.05) is 29.1 Å². The van der Waals surface area contributed by atoms with Crippen molar-refractivity contribution in [1.82, 2.24) is 4.98 Å². The first-order valence-corrected chi connectivity index (χ1v) is 5.74. The second-order valence-corrected chi connectivity index (χ2v) is 5.04. The van der Waals surface area contributed by atoms with Crippen molar-refractivity contribution in [3.63, 3.8) is 0 Å². The van der Waals surface area contributed by atoms with Crippen LogP contribution in [0.4, 0.5) is 0 Å². The Balaban J connectivity index is 2.32. The number of carbonyl (C=O) groups excluding carboxylic acids is 1. The Morgan fingerprint density at radius 1 is 1.28 bits per heavy atom. The maximum absolute atomic E-state index is 12.2. The van der Waals surface area contributed by atoms with Gasteiger partial charge in [0.25, 0.3) is 0 Å². The number of rotatable bonds is 4. The smallest absolute Gasteiger partial charge is 0.309 e. The van der Waals surface area contributed by atoms with Gasteiger partial charge in [-0.25, -0.2) is 0 Å². The topological polar surface area (TPSA) is 70.2 Å². The second-order valence-electron chi connectivity index (χ2n) is 5.04. The molecular formula is C14H15NO3. The molecule has 0 spiro atoms. The van der Waals surface area contributed by atoms with Crippen LogP contribution in [0, 0.1) is 5.41 Å². The summed E-state index contributed by atoms with van der Waals surface area (Å²) in [4.78, 5) is 26.2. The highest BCUT2D eigenvalue weighted by molar-refractivity contribution is 6.08. The summed E-state index contributed by atoms with van der Waals surface area (Å²) in [5.74, 6) is -1.12. The minimum Gasteiger partial charge on any atom is -0.481 e. The van der Waals surface area contributed by atoms with Crippen LogP contribution >= 0.6 is 0 Å². The van der Waals surface area contributed by atoms with Gasteiger partial charge in [0.15, 0.2) is 5.78 Å². The fourth-order valence-electron chi connectivity index (χ4n) is 1.87. The Labute approximate surface area is 105 Å². The number of carbonyl (C=O) groups is 2. The molecule has 0 unspecified atom stereocenters. The number of carboxylic acids is 1. The fourth-order valence-corrected chi connectivity index (χ4v) is 1.87. The minimum absolute atomic E-state index is 0.00974. The van der Waals surface area contributed by atoms with Gasteiger partial charge in [-0.2, -0.15) is 0 Å². The molecule has 1 aromatic heterocycles. The van der Waals surface area contributed by atoms with Gasteiger partial charge in [0.2, 0.25) is 0 Å². The number of aromatic amines is 1. The zero-order valence-electron chi connectivity index (χ0n) is 10.4. The number of benzene rings is 1. The van der Waals surface area contributed by atoms with Crippen LogP contribution in [0.25, 0.3) is 10.9 Å². The number of hydrogen-bond acceptors (Lipinski definition) is 2. The first kappa shape index (κ1) is 12.4. The van der Waals surface area contributed by atoms with Crippen LogP contribution in [-0.4, -0.2) is 21.8 Å². The number of hydrogen-bond donors (Lipinski definition) is 2. The number of ketones is 1. The third kappa shape index (κ3) is 2.14. The summed E-state index contributed by atoms with van der Waals surface area (Å²) in [6.07, 6.45) is 1.63. The molecule has 0 fully saturated rings. The summed E-state index contributed by atoms with van der Waals surface area (Å²) in [6, 6.07) is 7.48. The lowest BCUT2D eigenvalue weighted by molar-refractivity contribution is -0.146. The zero-order valence-corrected chi connectivity index (χ0v) is 10.4. The number of nitrogens with one attached hydrogen (secondary N) is 1. The Morgan fingerprint density at radius 2 is 1.94 bits per heavy atom. The van der Waals surface area contributed by atoms with E-state index in [0.29, 0.717) is 5.56 Å². The number of aromatic nitrogens is 1. The van der Waals surface area contributed by atoms with Crippen LogP contribution in [0.3, 0.4) is 0 Å². The molecule has 0 aliphatic heterocycles. The van der Waals surface area contributed by atoms with Gasteiger partial charge in [0.05, 0.1) is 5.41 Å². The van der Waals surface area contributed by atoms with E-state index in [1.54, 1.807) is 20.0 Å². The van der Waals surface area contributed by atoms with E-state index >= 15 is 0 Å². The van der Waals surface area contributed by atoms with Gasteiger partial charge in [-0.05, 0) is 19.9 Å². The predicted octanol–water partition coefficient (Wildman–Crippen LogP) is 2.85. The number of fused-ring (bicyclic) bond motifs is 1. The molecule has 2 aromatic rings. The normalized spacial score (nSPS) is 11.7. The van der Waals surface area contributed by atoms with Crippen molar-refractivity contribution in [2.75, 3.05) is 0 Å². The van der Waals surface area contributed by atoms with Crippen molar-refractivity contribution in [3.8, 4) is 0 Å². The Kier molecular flexibility index (Phi) is 2.95. The van der Waals surface area contributed by atoms with Crippen molar-refractivity contribution < 1.29 is 14.7 Å². The first-order valence-electron chi connectivity index (χ1n) is 5.74. The lowest BCUT2D eigenvalue weighted by Crippen LogP contribution is -2.26. The second kappa shape index (κ2) is 4.29. The van der Waals surface area contributed by atoms with E-state index in [2.05, 4.69) is 4.98 Å². The van der Waals surface area contributed by atoms with E-state index in [-0.39, 0.29) is 12.2 Å². The number of H-pyrrole nitrogens is 1. The third-order valence-electron chi connectivity index (χ3n) is 3.07. The SMILES string of the molecule is CC(C)(CC(=O)c1c[nH]c2ccccc12)C(=O)O. The number of Topliss-reactive ketones (excluding diaryl/α,β-unsaturated/α-hetero) is 1. The standard InChI is InChI=1S/C14H15NO3/c1-14(2,13(17)18)7-12(16)10-8-15-11-6-4-3-5-9(10)11/h3-6,8,15H,7H2,1-2H3,(H,17,18). The molecule has 18 heavy (non-hydrogen) atoms. The highest BCUT2D eigenvalue weighted by atomic mass is 16.4. The van der Waals surface area contributed by atoms with Gasteiger partial charge in [-0.3, -0.25) is 9.59 Å². The van der Waals surface area contributed by atoms with Gasteiger partial charge in [-0.1, -0.05) is 18.2 Å². The fraction of sp³-hybridized carbons (Fsp3) is 0.286. The molecule has 2 rings (SSSR count). The molecule has 0 bridgehead atoms. The van der Waals surface area contributed by atoms with Crippen molar-refractivity contribution >= 4 is 22.7 Å². The quantitative estimate of drug-likeness (QED) is 0.814. The monoisotopic (exact) mass is 245 g/mol. The lowest BCUT2D eigenvalue weighted by atomic mass is 9.85. The van der Waals surface area contributed by atoms with E-state index in [1.165, 1.54) is 0 Å². The van der Waals surface area contributed by atoms with Crippen LogP contribution in [0.5, 0.6) is 0 Å².